The van der Waals surface area contributed by atoms with E-state index in [9.17, 15) is 17.6 Å². The molecule has 0 radical (unpaired) electrons. The van der Waals surface area contributed by atoms with Crippen LogP contribution in [0, 0.1) is 17.8 Å². The molecule has 4 heteroatoms. The van der Waals surface area contributed by atoms with Gasteiger partial charge in [0.05, 0.1) is 0 Å². The molecule has 0 aliphatic heterocycles. The number of hydrogen-bond acceptors (Lipinski definition) is 0. The van der Waals surface area contributed by atoms with Crippen LogP contribution in [0.1, 0.15) is 32.6 Å². The molecule has 92 valence electrons. The first-order chi connectivity index (χ1) is 7.29. The fraction of sp³-hybridized carbons (Fsp3) is 0.833. The summed E-state index contributed by atoms with van der Waals surface area (Å²) >= 11 is 0. The van der Waals surface area contributed by atoms with Crippen molar-refractivity contribution in [1.82, 2.24) is 0 Å². The second-order valence-electron chi connectivity index (χ2n) is 5.17. The van der Waals surface area contributed by atoms with Gasteiger partial charge in [-0.15, -0.1) is 0 Å². The van der Waals surface area contributed by atoms with Gasteiger partial charge in [-0.2, -0.15) is 8.78 Å². The predicted octanol–water partition coefficient (Wildman–Crippen LogP) is 4.27. The molecule has 2 rings (SSSR count). The number of alkyl halides is 4. The lowest BCUT2D eigenvalue weighted by molar-refractivity contribution is -0.202. The summed E-state index contributed by atoms with van der Waals surface area (Å²) in [6, 6.07) is 0. The normalized spacial score (nSPS) is 33.7. The third kappa shape index (κ3) is 2.11. The Morgan fingerprint density at radius 2 is 1.81 bits per heavy atom. The highest BCUT2D eigenvalue weighted by atomic mass is 19.3. The van der Waals surface area contributed by atoms with Crippen molar-refractivity contribution in [3.63, 3.8) is 0 Å². The molecule has 0 aromatic heterocycles. The molecule has 2 aliphatic carbocycles. The lowest BCUT2D eigenvalue weighted by atomic mass is 9.87. The maximum Gasteiger partial charge on any atom is 0.309 e. The first kappa shape index (κ1) is 11.9. The monoisotopic (exact) mass is 236 g/mol. The summed E-state index contributed by atoms with van der Waals surface area (Å²) in [7, 11) is 0. The first-order valence-corrected chi connectivity index (χ1v) is 5.73. The molecule has 0 N–H and O–H groups in total. The summed E-state index contributed by atoms with van der Waals surface area (Å²) < 4.78 is 51.3. The maximum absolute atomic E-state index is 13.1. The Hall–Kier alpha value is -0.540. The summed E-state index contributed by atoms with van der Waals surface area (Å²) in [6.07, 6.45) is 5.61. The zero-order chi connectivity index (χ0) is 12.0. The first-order valence-electron chi connectivity index (χ1n) is 5.73. The summed E-state index contributed by atoms with van der Waals surface area (Å²) in [5, 5.41) is 0. The van der Waals surface area contributed by atoms with Gasteiger partial charge in [0.2, 0.25) is 0 Å². The Morgan fingerprint density at radius 3 is 2.25 bits per heavy atom. The van der Waals surface area contributed by atoms with E-state index in [4.69, 9.17) is 0 Å². The van der Waals surface area contributed by atoms with Crippen LogP contribution in [0.5, 0.6) is 0 Å². The van der Waals surface area contributed by atoms with Crippen molar-refractivity contribution in [2.75, 3.05) is 0 Å². The third-order valence-corrected chi connectivity index (χ3v) is 3.89. The number of hydrogen-bond donors (Lipinski definition) is 0. The Bertz CT molecular complexity index is 290. The second-order valence-corrected chi connectivity index (χ2v) is 5.17. The highest BCUT2D eigenvalue weighted by molar-refractivity contribution is 5.10. The molecule has 0 aromatic rings. The van der Waals surface area contributed by atoms with E-state index in [1.165, 1.54) is 0 Å². The van der Waals surface area contributed by atoms with Crippen molar-refractivity contribution in [1.29, 1.82) is 0 Å². The summed E-state index contributed by atoms with van der Waals surface area (Å²) in [6.45, 7) is 0.299. The smallest absolute Gasteiger partial charge is 0.200 e. The van der Waals surface area contributed by atoms with E-state index in [1.807, 2.05) is 0 Å². The molecule has 0 spiro atoms. The highest BCUT2D eigenvalue weighted by Crippen LogP contribution is 2.47. The summed E-state index contributed by atoms with van der Waals surface area (Å²) in [5.41, 5.74) is 0. The van der Waals surface area contributed by atoms with Gasteiger partial charge in [-0.1, -0.05) is 12.2 Å². The van der Waals surface area contributed by atoms with Crippen LogP contribution >= 0.6 is 0 Å². The molecule has 0 heterocycles. The van der Waals surface area contributed by atoms with Crippen molar-refractivity contribution in [3.8, 4) is 0 Å². The molecular weight excluding hydrogens is 220 g/mol. The standard InChI is InChI=1S/C12H16F4/c1-11(13,14)12(15,16)5-4-10-7-8-2-3-9(10)6-8/h2-3,8-10H,4-7H2,1H3. The van der Waals surface area contributed by atoms with Gasteiger partial charge >= 0.3 is 11.8 Å². The molecule has 3 atom stereocenters. The molecule has 0 nitrogen and oxygen atoms in total. The van der Waals surface area contributed by atoms with Gasteiger partial charge < -0.3 is 0 Å². The lowest BCUT2D eigenvalue weighted by Gasteiger charge is -2.26. The fourth-order valence-corrected chi connectivity index (χ4v) is 2.81. The van der Waals surface area contributed by atoms with Crippen LogP contribution in [0.15, 0.2) is 12.2 Å². The molecule has 0 amide bonds. The van der Waals surface area contributed by atoms with Crippen LogP contribution in [-0.4, -0.2) is 11.8 Å². The molecule has 3 unspecified atom stereocenters. The Balaban J connectivity index is 1.86. The largest absolute Gasteiger partial charge is 0.309 e. The van der Waals surface area contributed by atoms with Crippen molar-refractivity contribution in [2.45, 2.75) is 44.5 Å². The summed E-state index contributed by atoms with van der Waals surface area (Å²) in [4.78, 5) is 0. The molecule has 1 fully saturated rings. The minimum Gasteiger partial charge on any atom is -0.200 e. The van der Waals surface area contributed by atoms with Gasteiger partial charge in [0.1, 0.15) is 0 Å². The van der Waals surface area contributed by atoms with Gasteiger partial charge in [-0.05, 0) is 37.0 Å². The van der Waals surface area contributed by atoms with Crippen LogP contribution in [0.3, 0.4) is 0 Å². The molecule has 2 aliphatic rings. The highest BCUT2D eigenvalue weighted by Gasteiger charge is 2.52. The molecule has 0 aromatic carbocycles. The molecule has 0 saturated heterocycles. The zero-order valence-electron chi connectivity index (χ0n) is 9.23. The number of halogens is 4. The zero-order valence-corrected chi connectivity index (χ0v) is 9.23. The van der Waals surface area contributed by atoms with Crippen molar-refractivity contribution in [2.24, 2.45) is 17.8 Å². The number of rotatable bonds is 4. The van der Waals surface area contributed by atoms with Gasteiger partial charge in [-0.3, -0.25) is 0 Å². The number of fused-ring (bicyclic) bond motifs is 2. The van der Waals surface area contributed by atoms with E-state index in [0.29, 0.717) is 18.8 Å². The van der Waals surface area contributed by atoms with Crippen molar-refractivity contribution >= 4 is 0 Å². The fourth-order valence-electron chi connectivity index (χ4n) is 2.81. The van der Waals surface area contributed by atoms with Crippen LogP contribution in [0.2, 0.25) is 0 Å². The number of allylic oxidation sites excluding steroid dienone is 2. The van der Waals surface area contributed by atoms with Crippen LogP contribution in [0.4, 0.5) is 17.6 Å². The predicted molar refractivity (Wildman–Crippen MR) is 53.6 cm³/mol. The average Bonchev–Trinajstić information content (AvgIpc) is 2.73. The Morgan fingerprint density at radius 1 is 1.12 bits per heavy atom. The third-order valence-electron chi connectivity index (χ3n) is 3.89. The molecule has 2 bridgehead atoms. The van der Waals surface area contributed by atoms with E-state index < -0.39 is 18.3 Å². The lowest BCUT2D eigenvalue weighted by Crippen LogP contribution is -2.38. The van der Waals surface area contributed by atoms with Crippen LogP contribution < -0.4 is 0 Å². The van der Waals surface area contributed by atoms with E-state index >= 15 is 0 Å². The Kier molecular flexibility index (Phi) is 2.79. The minimum atomic E-state index is -3.90. The molecule has 1 saturated carbocycles. The van der Waals surface area contributed by atoms with E-state index in [0.717, 1.165) is 12.8 Å². The molecular formula is C12H16F4. The van der Waals surface area contributed by atoms with Crippen LogP contribution in [0.25, 0.3) is 0 Å². The van der Waals surface area contributed by atoms with E-state index in [-0.39, 0.29) is 12.3 Å². The topological polar surface area (TPSA) is 0 Å². The van der Waals surface area contributed by atoms with Gasteiger partial charge in [-0.25, -0.2) is 8.78 Å². The minimum absolute atomic E-state index is 0.184. The van der Waals surface area contributed by atoms with Crippen molar-refractivity contribution in [3.05, 3.63) is 12.2 Å². The van der Waals surface area contributed by atoms with E-state index in [2.05, 4.69) is 12.2 Å². The quantitative estimate of drug-likeness (QED) is 0.505. The second kappa shape index (κ2) is 3.74. The Labute approximate surface area is 92.7 Å². The van der Waals surface area contributed by atoms with Gasteiger partial charge in [0.15, 0.2) is 0 Å². The van der Waals surface area contributed by atoms with Gasteiger partial charge in [0, 0.05) is 13.3 Å². The van der Waals surface area contributed by atoms with Gasteiger partial charge in [0.25, 0.3) is 0 Å². The van der Waals surface area contributed by atoms with Crippen LogP contribution in [-0.2, 0) is 0 Å². The SMILES string of the molecule is CC(F)(F)C(F)(F)CCC1CC2C=CC1C2. The van der Waals surface area contributed by atoms with Crippen molar-refractivity contribution < 1.29 is 17.6 Å². The van der Waals surface area contributed by atoms with E-state index in [1.54, 1.807) is 0 Å². The average molecular weight is 236 g/mol. The molecule has 16 heavy (non-hydrogen) atoms. The summed E-state index contributed by atoms with van der Waals surface area (Å²) in [5.74, 6) is -6.72. The maximum atomic E-state index is 13.1.